The van der Waals surface area contributed by atoms with Crippen LogP contribution in [0.15, 0.2) is 40.9 Å². The van der Waals surface area contributed by atoms with E-state index in [1.807, 2.05) is 31.2 Å². The van der Waals surface area contributed by atoms with Crippen molar-refractivity contribution in [2.24, 2.45) is 0 Å². The van der Waals surface area contributed by atoms with Crippen LogP contribution >= 0.6 is 15.9 Å². The summed E-state index contributed by atoms with van der Waals surface area (Å²) < 4.78 is 28.4. The third kappa shape index (κ3) is 3.64. The van der Waals surface area contributed by atoms with E-state index in [9.17, 15) is 8.78 Å². The minimum absolute atomic E-state index is 0.260. The summed E-state index contributed by atoms with van der Waals surface area (Å²) in [6.07, 6.45) is 0. The van der Waals surface area contributed by atoms with E-state index in [1.54, 1.807) is 6.92 Å². The maximum Gasteiger partial charge on any atom is 0.128 e. The number of aryl methyl sites for hydroxylation is 1. The van der Waals surface area contributed by atoms with Gasteiger partial charge in [0.05, 0.1) is 0 Å². The van der Waals surface area contributed by atoms with Crippen LogP contribution in [-0.2, 0) is 6.54 Å². The van der Waals surface area contributed by atoms with Crippen LogP contribution in [0, 0.1) is 18.6 Å². The average molecular weight is 340 g/mol. The Balaban J connectivity index is 2.09. The zero-order valence-electron chi connectivity index (χ0n) is 11.4. The first-order valence-electron chi connectivity index (χ1n) is 6.40. The van der Waals surface area contributed by atoms with Gasteiger partial charge in [-0.1, -0.05) is 28.1 Å². The molecule has 2 aromatic rings. The van der Waals surface area contributed by atoms with Crippen LogP contribution in [0.2, 0.25) is 0 Å². The predicted octanol–water partition coefficient (Wildman–Crippen LogP) is 4.89. The van der Waals surface area contributed by atoms with Crippen molar-refractivity contribution in [1.29, 1.82) is 0 Å². The SMILES string of the molecule is Cc1cc(F)c(C(C)NCc2cccc(Br)c2)cc1F. The summed E-state index contributed by atoms with van der Waals surface area (Å²) in [5.41, 5.74) is 1.76. The van der Waals surface area contributed by atoms with Crippen LogP contribution in [0.3, 0.4) is 0 Å². The molecular formula is C16H16BrF2N. The molecule has 0 fully saturated rings. The van der Waals surface area contributed by atoms with Gasteiger partial charge >= 0.3 is 0 Å². The van der Waals surface area contributed by atoms with Crippen LogP contribution in [0.25, 0.3) is 0 Å². The lowest BCUT2D eigenvalue weighted by Crippen LogP contribution is -2.19. The molecule has 0 aromatic heterocycles. The number of halogens is 3. The van der Waals surface area contributed by atoms with Crippen LogP contribution in [0.4, 0.5) is 8.78 Å². The Hall–Kier alpha value is -1.26. The van der Waals surface area contributed by atoms with Gasteiger partial charge in [0, 0.05) is 22.6 Å². The van der Waals surface area contributed by atoms with Gasteiger partial charge in [-0.05, 0) is 49.2 Å². The monoisotopic (exact) mass is 339 g/mol. The lowest BCUT2D eigenvalue weighted by Gasteiger charge is -2.16. The molecular weight excluding hydrogens is 324 g/mol. The molecule has 0 spiro atoms. The molecule has 1 nitrogen and oxygen atoms in total. The largest absolute Gasteiger partial charge is 0.306 e. The second-order valence-corrected chi connectivity index (χ2v) is 5.77. The molecule has 1 atom stereocenters. The van der Waals surface area contributed by atoms with E-state index < -0.39 is 0 Å². The van der Waals surface area contributed by atoms with E-state index in [0.29, 0.717) is 17.7 Å². The molecule has 106 valence electrons. The van der Waals surface area contributed by atoms with Crippen molar-refractivity contribution in [2.75, 3.05) is 0 Å². The summed E-state index contributed by atoms with van der Waals surface area (Å²) in [6, 6.07) is 10.1. The van der Waals surface area contributed by atoms with Gasteiger partial charge in [0.2, 0.25) is 0 Å². The highest BCUT2D eigenvalue weighted by Gasteiger charge is 2.13. The molecule has 0 heterocycles. The lowest BCUT2D eigenvalue weighted by atomic mass is 10.0. The standard InChI is InChI=1S/C16H16BrF2N/c1-10-6-16(19)14(8-15(10)18)11(2)20-9-12-4-3-5-13(17)7-12/h3-8,11,20H,9H2,1-2H3. The Morgan fingerprint density at radius 1 is 1.15 bits per heavy atom. The fourth-order valence-corrected chi connectivity index (χ4v) is 2.47. The molecule has 0 amide bonds. The fourth-order valence-electron chi connectivity index (χ4n) is 2.02. The normalized spacial score (nSPS) is 12.4. The van der Waals surface area contributed by atoms with Gasteiger partial charge in [0.15, 0.2) is 0 Å². The second kappa shape index (κ2) is 6.46. The van der Waals surface area contributed by atoms with Crippen LogP contribution in [0.5, 0.6) is 0 Å². The molecule has 0 aliphatic carbocycles. The van der Waals surface area contributed by atoms with Crippen molar-refractivity contribution in [1.82, 2.24) is 5.32 Å². The smallest absolute Gasteiger partial charge is 0.128 e. The van der Waals surface area contributed by atoms with Crippen LogP contribution in [0.1, 0.15) is 29.7 Å². The van der Waals surface area contributed by atoms with E-state index in [2.05, 4.69) is 21.2 Å². The first kappa shape index (κ1) is 15.1. The molecule has 0 aliphatic rings. The molecule has 20 heavy (non-hydrogen) atoms. The van der Waals surface area contributed by atoms with Gasteiger partial charge in [-0.2, -0.15) is 0 Å². The Morgan fingerprint density at radius 3 is 2.60 bits per heavy atom. The molecule has 2 aromatic carbocycles. The van der Waals surface area contributed by atoms with E-state index in [-0.39, 0.29) is 17.7 Å². The minimum Gasteiger partial charge on any atom is -0.306 e. The summed E-state index contributed by atoms with van der Waals surface area (Å²) in [5, 5.41) is 3.20. The summed E-state index contributed by atoms with van der Waals surface area (Å²) in [4.78, 5) is 0. The van der Waals surface area contributed by atoms with Gasteiger partial charge in [-0.25, -0.2) is 8.78 Å². The Kier molecular flexibility index (Phi) is 4.89. The van der Waals surface area contributed by atoms with Gasteiger partial charge < -0.3 is 5.32 Å². The maximum absolute atomic E-state index is 13.9. The zero-order chi connectivity index (χ0) is 14.7. The van der Waals surface area contributed by atoms with Crippen molar-refractivity contribution < 1.29 is 8.78 Å². The lowest BCUT2D eigenvalue weighted by molar-refractivity contribution is 0.516. The van der Waals surface area contributed by atoms with Crippen molar-refractivity contribution in [3.63, 3.8) is 0 Å². The van der Waals surface area contributed by atoms with E-state index in [1.165, 1.54) is 12.1 Å². The first-order valence-corrected chi connectivity index (χ1v) is 7.20. The molecule has 1 unspecified atom stereocenters. The van der Waals surface area contributed by atoms with Gasteiger partial charge in [-0.15, -0.1) is 0 Å². The van der Waals surface area contributed by atoms with Crippen molar-refractivity contribution in [3.8, 4) is 0 Å². The Bertz CT molecular complexity index is 613. The summed E-state index contributed by atoms with van der Waals surface area (Å²) in [6.45, 7) is 3.97. The number of rotatable bonds is 4. The zero-order valence-corrected chi connectivity index (χ0v) is 13.0. The van der Waals surface area contributed by atoms with Crippen LogP contribution < -0.4 is 5.32 Å². The second-order valence-electron chi connectivity index (χ2n) is 4.86. The topological polar surface area (TPSA) is 12.0 Å². The number of hydrogen-bond donors (Lipinski definition) is 1. The molecule has 1 N–H and O–H groups in total. The Morgan fingerprint density at radius 2 is 1.90 bits per heavy atom. The molecule has 0 aliphatic heterocycles. The van der Waals surface area contributed by atoms with E-state index in [0.717, 1.165) is 10.0 Å². The summed E-state index contributed by atoms with van der Waals surface area (Å²) in [5.74, 6) is -0.754. The average Bonchev–Trinajstić information content (AvgIpc) is 2.40. The van der Waals surface area contributed by atoms with Crippen molar-refractivity contribution in [2.45, 2.75) is 26.4 Å². The highest BCUT2D eigenvalue weighted by atomic mass is 79.9. The first-order chi connectivity index (χ1) is 9.47. The molecule has 2 rings (SSSR count). The molecule has 0 saturated heterocycles. The van der Waals surface area contributed by atoms with Gasteiger partial charge in [-0.3, -0.25) is 0 Å². The minimum atomic E-state index is -0.377. The highest BCUT2D eigenvalue weighted by molar-refractivity contribution is 9.10. The fraction of sp³-hybridized carbons (Fsp3) is 0.250. The van der Waals surface area contributed by atoms with E-state index >= 15 is 0 Å². The number of benzene rings is 2. The highest BCUT2D eigenvalue weighted by Crippen LogP contribution is 2.21. The van der Waals surface area contributed by atoms with Crippen molar-refractivity contribution in [3.05, 3.63) is 69.2 Å². The number of nitrogens with one attached hydrogen (secondary N) is 1. The number of hydrogen-bond acceptors (Lipinski definition) is 1. The maximum atomic E-state index is 13.9. The Labute approximate surface area is 126 Å². The predicted molar refractivity (Wildman–Crippen MR) is 80.5 cm³/mol. The third-order valence-electron chi connectivity index (χ3n) is 3.25. The van der Waals surface area contributed by atoms with Gasteiger partial charge in [0.25, 0.3) is 0 Å². The molecule has 0 radical (unpaired) electrons. The quantitative estimate of drug-likeness (QED) is 0.836. The summed E-state index contributed by atoms with van der Waals surface area (Å²) >= 11 is 3.41. The molecule has 0 saturated carbocycles. The molecule has 4 heteroatoms. The van der Waals surface area contributed by atoms with Gasteiger partial charge in [0.1, 0.15) is 11.6 Å². The van der Waals surface area contributed by atoms with Crippen molar-refractivity contribution >= 4 is 15.9 Å². The summed E-state index contributed by atoms with van der Waals surface area (Å²) in [7, 11) is 0. The van der Waals surface area contributed by atoms with E-state index in [4.69, 9.17) is 0 Å². The van der Waals surface area contributed by atoms with Crippen LogP contribution in [-0.4, -0.2) is 0 Å². The molecule has 0 bridgehead atoms. The third-order valence-corrected chi connectivity index (χ3v) is 3.74.